The number of nitro benzene ring substituents is 1. The van der Waals surface area contributed by atoms with Gasteiger partial charge in [-0.1, -0.05) is 38.8 Å². The van der Waals surface area contributed by atoms with Crippen LogP contribution in [0.1, 0.15) is 49.9 Å². The zero-order chi connectivity index (χ0) is 15.0. The maximum Gasteiger partial charge on any atom is 0.282 e. The molecule has 0 atom stereocenters. The summed E-state index contributed by atoms with van der Waals surface area (Å²) in [5.74, 6) is -0.554. The van der Waals surface area contributed by atoms with Crippen molar-refractivity contribution in [1.29, 1.82) is 0 Å². The fourth-order valence-electron chi connectivity index (χ4n) is 1.83. The minimum absolute atomic E-state index is 0.0218. The fraction of sp³-hybridized carbons (Fsp3) is 0.429. The predicted octanol–water partition coefficient (Wildman–Crippen LogP) is 3.28. The van der Waals surface area contributed by atoms with Crippen molar-refractivity contribution in [3.8, 4) is 0 Å². The smallest absolute Gasteiger partial charge is 0.267 e. The van der Waals surface area contributed by atoms with Gasteiger partial charge in [0.2, 0.25) is 0 Å². The van der Waals surface area contributed by atoms with E-state index in [-0.39, 0.29) is 11.3 Å². The summed E-state index contributed by atoms with van der Waals surface area (Å²) in [7, 11) is 0. The lowest BCUT2D eigenvalue weighted by atomic mass is 10.1. The van der Waals surface area contributed by atoms with E-state index in [4.69, 9.17) is 0 Å². The first kappa shape index (κ1) is 15.8. The average molecular weight is 277 g/mol. The predicted molar refractivity (Wildman–Crippen MR) is 77.8 cm³/mol. The number of hydrogen-bond donors (Lipinski definition) is 1. The Hall–Kier alpha value is -2.24. The van der Waals surface area contributed by atoms with E-state index in [0.717, 1.165) is 31.4 Å². The van der Waals surface area contributed by atoms with Crippen molar-refractivity contribution in [2.24, 2.45) is 5.10 Å². The molecule has 1 aromatic rings. The first-order chi connectivity index (χ1) is 9.60. The van der Waals surface area contributed by atoms with E-state index in [9.17, 15) is 14.9 Å². The summed E-state index contributed by atoms with van der Waals surface area (Å²) in [6.45, 7) is 4.07. The monoisotopic (exact) mass is 277 g/mol. The van der Waals surface area contributed by atoms with Crippen LogP contribution in [-0.4, -0.2) is 16.5 Å². The SMILES string of the molecule is CCCC(CCC)=NNC(=O)c1ccccc1[N+](=O)[O-]. The quantitative estimate of drug-likeness (QED) is 0.471. The molecule has 0 aromatic heterocycles. The molecule has 108 valence electrons. The van der Waals surface area contributed by atoms with Crippen LogP contribution in [0.5, 0.6) is 0 Å². The Morgan fingerprint density at radius 2 is 1.85 bits per heavy atom. The number of carbonyl (C=O) groups is 1. The number of nitro groups is 1. The van der Waals surface area contributed by atoms with Gasteiger partial charge in [0.05, 0.1) is 4.92 Å². The molecule has 0 aliphatic rings. The Morgan fingerprint density at radius 1 is 1.25 bits per heavy atom. The third-order valence-electron chi connectivity index (χ3n) is 2.74. The minimum atomic E-state index is -0.572. The number of hydrazone groups is 1. The standard InChI is InChI=1S/C14H19N3O3/c1-3-7-11(8-4-2)15-16-14(18)12-9-5-6-10-13(12)17(19)20/h5-6,9-10H,3-4,7-8H2,1-2H3,(H,16,18). The van der Waals surface area contributed by atoms with Crippen molar-refractivity contribution in [3.05, 3.63) is 39.9 Å². The van der Waals surface area contributed by atoms with E-state index >= 15 is 0 Å². The molecule has 0 saturated heterocycles. The molecule has 0 unspecified atom stereocenters. The number of nitrogens with one attached hydrogen (secondary N) is 1. The van der Waals surface area contributed by atoms with Crippen LogP contribution in [0.25, 0.3) is 0 Å². The largest absolute Gasteiger partial charge is 0.282 e. The van der Waals surface area contributed by atoms with Gasteiger partial charge in [-0.15, -0.1) is 0 Å². The summed E-state index contributed by atoms with van der Waals surface area (Å²) in [6.07, 6.45) is 3.51. The van der Waals surface area contributed by atoms with Crippen molar-refractivity contribution in [3.63, 3.8) is 0 Å². The molecule has 6 heteroatoms. The number of para-hydroxylation sites is 1. The molecule has 6 nitrogen and oxygen atoms in total. The lowest BCUT2D eigenvalue weighted by Gasteiger charge is -2.05. The van der Waals surface area contributed by atoms with Crippen molar-refractivity contribution in [1.82, 2.24) is 5.43 Å². The summed E-state index contributed by atoms with van der Waals surface area (Å²) >= 11 is 0. The number of rotatable bonds is 7. The summed E-state index contributed by atoms with van der Waals surface area (Å²) in [5.41, 5.74) is 3.12. The molecule has 0 saturated carbocycles. The number of carbonyl (C=O) groups excluding carboxylic acids is 1. The number of benzene rings is 1. The maximum atomic E-state index is 12.0. The normalized spacial score (nSPS) is 9.90. The van der Waals surface area contributed by atoms with Gasteiger partial charge in [-0.05, 0) is 18.9 Å². The van der Waals surface area contributed by atoms with Crippen LogP contribution in [0.2, 0.25) is 0 Å². The molecule has 1 rings (SSSR count). The van der Waals surface area contributed by atoms with Crippen LogP contribution in [0.4, 0.5) is 5.69 Å². The molecule has 0 aliphatic carbocycles. The van der Waals surface area contributed by atoms with Crippen molar-refractivity contribution in [2.45, 2.75) is 39.5 Å². The van der Waals surface area contributed by atoms with Crippen molar-refractivity contribution >= 4 is 17.3 Å². The van der Waals surface area contributed by atoms with E-state index in [0.29, 0.717) is 0 Å². The molecule has 1 aromatic carbocycles. The number of nitrogens with zero attached hydrogens (tertiary/aromatic N) is 2. The lowest BCUT2D eigenvalue weighted by molar-refractivity contribution is -0.385. The van der Waals surface area contributed by atoms with Gasteiger partial charge >= 0.3 is 0 Å². The van der Waals surface area contributed by atoms with Crippen LogP contribution in [0, 0.1) is 10.1 Å². The molecule has 0 aliphatic heterocycles. The van der Waals surface area contributed by atoms with Crippen LogP contribution in [-0.2, 0) is 0 Å². The number of amides is 1. The molecule has 1 amide bonds. The number of hydrogen-bond acceptors (Lipinski definition) is 4. The third kappa shape index (κ3) is 4.46. The van der Waals surface area contributed by atoms with E-state index in [1.54, 1.807) is 6.07 Å². The lowest BCUT2D eigenvalue weighted by Crippen LogP contribution is -2.20. The highest BCUT2D eigenvalue weighted by Gasteiger charge is 2.18. The second-order valence-corrected chi connectivity index (χ2v) is 4.39. The van der Waals surface area contributed by atoms with E-state index < -0.39 is 10.8 Å². The highest BCUT2D eigenvalue weighted by molar-refractivity contribution is 5.98. The molecular formula is C14H19N3O3. The zero-order valence-electron chi connectivity index (χ0n) is 11.8. The van der Waals surface area contributed by atoms with Crippen LogP contribution >= 0.6 is 0 Å². The molecular weight excluding hydrogens is 258 g/mol. The first-order valence-corrected chi connectivity index (χ1v) is 6.69. The van der Waals surface area contributed by atoms with Crippen molar-refractivity contribution < 1.29 is 9.72 Å². The molecule has 0 radical (unpaired) electrons. The Bertz CT molecular complexity index is 504. The maximum absolute atomic E-state index is 12.0. The topological polar surface area (TPSA) is 84.6 Å². The van der Waals surface area contributed by atoms with Crippen LogP contribution < -0.4 is 5.43 Å². The zero-order valence-corrected chi connectivity index (χ0v) is 11.8. The highest BCUT2D eigenvalue weighted by atomic mass is 16.6. The van der Waals surface area contributed by atoms with Gasteiger partial charge in [-0.2, -0.15) is 5.10 Å². The Balaban J connectivity index is 2.85. The fourth-order valence-corrected chi connectivity index (χ4v) is 1.83. The molecule has 1 N–H and O–H groups in total. The Kier molecular flexibility index (Phi) is 6.36. The Labute approximate surface area is 118 Å². The average Bonchev–Trinajstić information content (AvgIpc) is 2.45. The van der Waals surface area contributed by atoms with Gasteiger partial charge in [0.1, 0.15) is 5.56 Å². The molecule has 0 fully saturated rings. The van der Waals surface area contributed by atoms with Crippen molar-refractivity contribution in [2.75, 3.05) is 0 Å². The van der Waals surface area contributed by atoms with Gasteiger partial charge in [0.25, 0.3) is 11.6 Å². The third-order valence-corrected chi connectivity index (χ3v) is 2.74. The second-order valence-electron chi connectivity index (χ2n) is 4.39. The molecule has 0 spiro atoms. The molecule has 20 heavy (non-hydrogen) atoms. The summed E-state index contributed by atoms with van der Waals surface area (Å²) in [5, 5.41) is 14.9. The van der Waals surface area contributed by atoms with Gasteiger partial charge in [0, 0.05) is 11.8 Å². The molecule has 0 bridgehead atoms. The van der Waals surface area contributed by atoms with E-state index in [1.165, 1.54) is 18.2 Å². The second kappa shape index (κ2) is 8.04. The van der Waals surface area contributed by atoms with Crippen LogP contribution in [0.15, 0.2) is 29.4 Å². The Morgan fingerprint density at radius 3 is 2.40 bits per heavy atom. The first-order valence-electron chi connectivity index (χ1n) is 6.69. The van der Waals surface area contributed by atoms with E-state index in [1.807, 2.05) is 13.8 Å². The summed E-state index contributed by atoms with van der Waals surface area (Å²) < 4.78 is 0. The minimum Gasteiger partial charge on any atom is -0.267 e. The van der Waals surface area contributed by atoms with Crippen LogP contribution in [0.3, 0.4) is 0 Å². The van der Waals surface area contributed by atoms with Gasteiger partial charge < -0.3 is 0 Å². The molecule has 0 heterocycles. The van der Waals surface area contributed by atoms with Gasteiger partial charge in [-0.25, -0.2) is 5.43 Å². The van der Waals surface area contributed by atoms with E-state index in [2.05, 4.69) is 10.5 Å². The summed E-state index contributed by atoms with van der Waals surface area (Å²) in [6, 6.07) is 5.84. The van der Waals surface area contributed by atoms with Gasteiger partial charge in [-0.3, -0.25) is 14.9 Å². The van der Waals surface area contributed by atoms with Gasteiger partial charge in [0.15, 0.2) is 0 Å². The summed E-state index contributed by atoms with van der Waals surface area (Å²) in [4.78, 5) is 22.2. The highest BCUT2D eigenvalue weighted by Crippen LogP contribution is 2.17.